The molecule has 0 aliphatic rings. The van der Waals surface area contributed by atoms with Gasteiger partial charge in [-0.15, -0.1) is 0 Å². The maximum absolute atomic E-state index is 5.24. The number of anilines is 1. The molecule has 0 amide bonds. The van der Waals surface area contributed by atoms with Gasteiger partial charge in [0.1, 0.15) is 5.76 Å². The summed E-state index contributed by atoms with van der Waals surface area (Å²) in [7, 11) is 0. The van der Waals surface area contributed by atoms with Gasteiger partial charge in [-0.25, -0.2) is 0 Å². The SMILES string of the molecule is Cc1ccc(NCc2ccco2)cc1I. The molecule has 2 rings (SSSR count). The van der Waals surface area contributed by atoms with Crippen molar-refractivity contribution in [2.24, 2.45) is 0 Å². The monoisotopic (exact) mass is 313 g/mol. The molecule has 0 radical (unpaired) electrons. The van der Waals surface area contributed by atoms with Crippen LogP contribution in [0.1, 0.15) is 11.3 Å². The van der Waals surface area contributed by atoms with Gasteiger partial charge in [-0.3, -0.25) is 0 Å². The van der Waals surface area contributed by atoms with Crippen LogP contribution >= 0.6 is 22.6 Å². The van der Waals surface area contributed by atoms with E-state index in [0.29, 0.717) is 0 Å². The quantitative estimate of drug-likeness (QED) is 0.872. The van der Waals surface area contributed by atoms with Gasteiger partial charge in [0.25, 0.3) is 0 Å². The minimum Gasteiger partial charge on any atom is -0.467 e. The van der Waals surface area contributed by atoms with Crippen LogP contribution in [-0.2, 0) is 6.54 Å². The third-order valence-corrected chi connectivity index (χ3v) is 3.38. The third kappa shape index (κ3) is 2.75. The first-order chi connectivity index (χ1) is 7.25. The molecule has 1 aromatic carbocycles. The van der Waals surface area contributed by atoms with Crippen molar-refractivity contribution in [3.8, 4) is 0 Å². The van der Waals surface area contributed by atoms with Crippen molar-refractivity contribution in [1.29, 1.82) is 0 Å². The van der Waals surface area contributed by atoms with Crippen molar-refractivity contribution in [2.75, 3.05) is 5.32 Å². The lowest BCUT2D eigenvalue weighted by molar-refractivity contribution is 0.518. The highest BCUT2D eigenvalue weighted by Gasteiger charge is 1.98. The summed E-state index contributed by atoms with van der Waals surface area (Å²) in [4.78, 5) is 0. The van der Waals surface area contributed by atoms with E-state index in [4.69, 9.17) is 4.42 Å². The standard InChI is InChI=1S/C12H12INO/c1-9-4-5-10(7-12(9)13)14-8-11-3-2-6-15-11/h2-7,14H,8H2,1H3. The van der Waals surface area contributed by atoms with E-state index in [9.17, 15) is 0 Å². The van der Waals surface area contributed by atoms with Crippen molar-refractivity contribution in [2.45, 2.75) is 13.5 Å². The minimum absolute atomic E-state index is 0.728. The molecule has 0 atom stereocenters. The summed E-state index contributed by atoms with van der Waals surface area (Å²) in [6, 6.07) is 10.2. The second kappa shape index (κ2) is 4.70. The number of nitrogens with one attached hydrogen (secondary N) is 1. The first-order valence-corrected chi connectivity index (χ1v) is 5.86. The summed E-state index contributed by atoms with van der Waals surface area (Å²) in [6.45, 7) is 2.84. The van der Waals surface area contributed by atoms with Gasteiger partial charge in [-0.05, 0) is 59.3 Å². The Balaban J connectivity index is 2.02. The van der Waals surface area contributed by atoms with E-state index in [1.807, 2.05) is 12.1 Å². The molecule has 1 N–H and O–H groups in total. The van der Waals surface area contributed by atoms with Gasteiger partial charge in [-0.2, -0.15) is 0 Å². The Morgan fingerprint density at radius 2 is 2.20 bits per heavy atom. The van der Waals surface area contributed by atoms with E-state index in [1.54, 1.807) is 6.26 Å². The number of aryl methyl sites for hydroxylation is 1. The van der Waals surface area contributed by atoms with Crippen LogP contribution in [0.5, 0.6) is 0 Å². The second-order valence-corrected chi connectivity index (χ2v) is 4.56. The Labute approximate surface area is 103 Å². The average Bonchev–Trinajstić information content (AvgIpc) is 2.73. The van der Waals surface area contributed by atoms with Gasteiger partial charge < -0.3 is 9.73 Å². The Kier molecular flexibility index (Phi) is 3.30. The van der Waals surface area contributed by atoms with Crippen LogP contribution in [0.4, 0.5) is 5.69 Å². The van der Waals surface area contributed by atoms with E-state index in [1.165, 1.54) is 9.13 Å². The minimum atomic E-state index is 0.728. The molecule has 2 nitrogen and oxygen atoms in total. The smallest absolute Gasteiger partial charge is 0.122 e. The fourth-order valence-corrected chi connectivity index (χ4v) is 1.82. The molecule has 0 bridgehead atoms. The number of rotatable bonds is 3. The zero-order valence-corrected chi connectivity index (χ0v) is 10.6. The van der Waals surface area contributed by atoms with Crippen molar-refractivity contribution < 1.29 is 4.42 Å². The maximum Gasteiger partial charge on any atom is 0.122 e. The van der Waals surface area contributed by atoms with Gasteiger partial charge in [0, 0.05) is 9.26 Å². The number of benzene rings is 1. The fourth-order valence-electron chi connectivity index (χ4n) is 1.31. The molecule has 0 saturated carbocycles. The van der Waals surface area contributed by atoms with Gasteiger partial charge in [0.15, 0.2) is 0 Å². The molecule has 78 valence electrons. The first kappa shape index (κ1) is 10.5. The molecule has 1 heterocycles. The maximum atomic E-state index is 5.24. The van der Waals surface area contributed by atoms with Crippen LogP contribution in [0, 0.1) is 10.5 Å². The Morgan fingerprint density at radius 1 is 1.33 bits per heavy atom. The lowest BCUT2D eigenvalue weighted by Gasteiger charge is -2.06. The number of halogens is 1. The number of furan rings is 1. The number of hydrogen-bond donors (Lipinski definition) is 1. The molecule has 0 fully saturated rings. The van der Waals surface area contributed by atoms with Crippen molar-refractivity contribution in [3.05, 3.63) is 51.5 Å². The highest BCUT2D eigenvalue weighted by atomic mass is 127. The summed E-state index contributed by atoms with van der Waals surface area (Å²) in [5.41, 5.74) is 2.43. The lowest BCUT2D eigenvalue weighted by atomic mass is 10.2. The summed E-state index contributed by atoms with van der Waals surface area (Å²) in [6.07, 6.45) is 1.69. The van der Waals surface area contributed by atoms with Crippen molar-refractivity contribution in [3.63, 3.8) is 0 Å². The van der Waals surface area contributed by atoms with E-state index >= 15 is 0 Å². The molecule has 0 aliphatic carbocycles. The van der Waals surface area contributed by atoms with Crippen LogP contribution < -0.4 is 5.32 Å². The summed E-state index contributed by atoms with van der Waals surface area (Å²) in [5, 5.41) is 3.32. The molecular formula is C12H12INO. The predicted molar refractivity (Wildman–Crippen MR) is 69.9 cm³/mol. The first-order valence-electron chi connectivity index (χ1n) is 4.78. The summed E-state index contributed by atoms with van der Waals surface area (Å²) >= 11 is 2.34. The molecular weight excluding hydrogens is 301 g/mol. The molecule has 0 aliphatic heterocycles. The Hall–Kier alpha value is -0.970. The fraction of sp³-hybridized carbons (Fsp3) is 0.167. The molecule has 0 unspecified atom stereocenters. The highest BCUT2D eigenvalue weighted by molar-refractivity contribution is 14.1. The normalized spacial score (nSPS) is 10.3. The van der Waals surface area contributed by atoms with Gasteiger partial charge >= 0.3 is 0 Å². The van der Waals surface area contributed by atoms with Crippen LogP contribution in [-0.4, -0.2) is 0 Å². The molecule has 2 aromatic rings. The van der Waals surface area contributed by atoms with E-state index in [-0.39, 0.29) is 0 Å². The van der Waals surface area contributed by atoms with Crippen LogP contribution in [0.3, 0.4) is 0 Å². The van der Waals surface area contributed by atoms with Crippen LogP contribution in [0.25, 0.3) is 0 Å². The van der Waals surface area contributed by atoms with Crippen LogP contribution in [0.2, 0.25) is 0 Å². The molecule has 3 heteroatoms. The highest BCUT2D eigenvalue weighted by Crippen LogP contribution is 2.17. The van der Waals surface area contributed by atoms with E-state index < -0.39 is 0 Å². The zero-order valence-electron chi connectivity index (χ0n) is 8.46. The van der Waals surface area contributed by atoms with Crippen molar-refractivity contribution in [1.82, 2.24) is 0 Å². The van der Waals surface area contributed by atoms with E-state index in [0.717, 1.165) is 18.0 Å². The molecule has 0 spiro atoms. The van der Waals surface area contributed by atoms with Gasteiger partial charge in [0.05, 0.1) is 12.8 Å². The Bertz CT molecular complexity index is 437. The van der Waals surface area contributed by atoms with Gasteiger partial charge in [0.2, 0.25) is 0 Å². The summed E-state index contributed by atoms with van der Waals surface area (Å²) in [5.74, 6) is 0.950. The molecule has 0 saturated heterocycles. The predicted octanol–water partition coefficient (Wildman–Crippen LogP) is 3.80. The second-order valence-electron chi connectivity index (χ2n) is 3.40. The molecule has 1 aromatic heterocycles. The van der Waals surface area contributed by atoms with E-state index in [2.05, 4.69) is 53.0 Å². The molecule has 15 heavy (non-hydrogen) atoms. The Morgan fingerprint density at radius 3 is 2.87 bits per heavy atom. The zero-order chi connectivity index (χ0) is 10.7. The number of hydrogen-bond acceptors (Lipinski definition) is 2. The largest absolute Gasteiger partial charge is 0.467 e. The lowest BCUT2D eigenvalue weighted by Crippen LogP contribution is -1.98. The summed E-state index contributed by atoms with van der Waals surface area (Å²) < 4.78 is 6.52. The topological polar surface area (TPSA) is 25.2 Å². The van der Waals surface area contributed by atoms with Crippen molar-refractivity contribution >= 4 is 28.3 Å². The average molecular weight is 313 g/mol. The third-order valence-electron chi connectivity index (χ3n) is 2.22. The van der Waals surface area contributed by atoms with Crippen LogP contribution in [0.15, 0.2) is 41.0 Å². The van der Waals surface area contributed by atoms with Gasteiger partial charge in [-0.1, -0.05) is 6.07 Å².